The molecule has 0 radical (unpaired) electrons. The number of phenols is 1. The van der Waals surface area contributed by atoms with Gasteiger partial charge in [-0.1, -0.05) is 6.08 Å². The van der Waals surface area contributed by atoms with E-state index in [0.717, 1.165) is 4.88 Å². The number of hydrogen-bond acceptors (Lipinski definition) is 6. The van der Waals surface area contributed by atoms with Crippen LogP contribution in [0, 0.1) is 0 Å². The van der Waals surface area contributed by atoms with Crippen LogP contribution >= 0.6 is 11.3 Å². The van der Waals surface area contributed by atoms with Gasteiger partial charge in [-0.25, -0.2) is 4.79 Å². The zero-order valence-electron chi connectivity index (χ0n) is 11.0. The number of benzene rings is 1. The molecule has 1 aromatic heterocycles. The van der Waals surface area contributed by atoms with Crippen molar-refractivity contribution in [3.63, 3.8) is 0 Å². The summed E-state index contributed by atoms with van der Waals surface area (Å²) in [6.45, 7) is 0. The molecule has 1 aromatic carbocycles. The molecule has 0 saturated carbocycles. The molecule has 1 heterocycles. The van der Waals surface area contributed by atoms with Gasteiger partial charge in [-0.15, -0.1) is 11.3 Å². The molecule has 0 aliphatic carbocycles. The van der Waals surface area contributed by atoms with Crippen molar-refractivity contribution in [3.05, 3.63) is 39.8 Å². The number of carbonyl (C=O) groups excluding carboxylic acids is 1. The van der Waals surface area contributed by atoms with Crippen molar-refractivity contribution in [2.45, 2.75) is 0 Å². The summed E-state index contributed by atoms with van der Waals surface area (Å²) in [4.78, 5) is 16.6. The highest BCUT2D eigenvalue weighted by atomic mass is 32.1. The zero-order valence-corrected chi connectivity index (χ0v) is 11.8. The van der Waals surface area contributed by atoms with Crippen LogP contribution in [0.4, 0.5) is 0 Å². The molecule has 0 saturated heterocycles. The summed E-state index contributed by atoms with van der Waals surface area (Å²) in [5, 5.41) is 9.94. The highest BCUT2D eigenvalue weighted by Crippen LogP contribution is 2.30. The SMILES string of the molecule is COC(=O)c1c(O)cc(OC)cc1/C=C/c1cncs1. The Morgan fingerprint density at radius 2 is 2.15 bits per heavy atom. The molecule has 0 unspecified atom stereocenters. The van der Waals surface area contributed by atoms with Crippen molar-refractivity contribution in [2.75, 3.05) is 14.2 Å². The van der Waals surface area contributed by atoms with Crippen LogP contribution in [-0.4, -0.2) is 30.3 Å². The number of hydrogen-bond donors (Lipinski definition) is 1. The molecule has 0 amide bonds. The van der Waals surface area contributed by atoms with Gasteiger partial charge in [-0.05, 0) is 17.7 Å². The molecule has 1 N–H and O–H groups in total. The zero-order chi connectivity index (χ0) is 14.5. The number of thiazole rings is 1. The number of ether oxygens (including phenoxy) is 2. The molecule has 2 rings (SSSR count). The number of phenolic OH excluding ortho intramolecular Hbond substituents is 1. The molecule has 0 aliphatic heterocycles. The monoisotopic (exact) mass is 291 g/mol. The van der Waals surface area contributed by atoms with E-state index >= 15 is 0 Å². The highest BCUT2D eigenvalue weighted by Gasteiger charge is 2.17. The predicted octanol–water partition coefficient (Wildman–Crippen LogP) is 2.81. The summed E-state index contributed by atoms with van der Waals surface area (Å²) < 4.78 is 9.77. The Bertz CT molecular complexity index is 635. The summed E-state index contributed by atoms with van der Waals surface area (Å²) in [7, 11) is 2.76. The maximum atomic E-state index is 11.7. The first-order chi connectivity index (χ1) is 9.65. The van der Waals surface area contributed by atoms with Gasteiger partial charge in [0.2, 0.25) is 0 Å². The molecule has 0 fully saturated rings. The van der Waals surface area contributed by atoms with E-state index in [1.165, 1.54) is 31.6 Å². The topological polar surface area (TPSA) is 68.7 Å². The second kappa shape index (κ2) is 6.21. The fourth-order valence-corrected chi connectivity index (χ4v) is 2.19. The summed E-state index contributed by atoms with van der Waals surface area (Å²) in [6.07, 6.45) is 5.22. The van der Waals surface area contributed by atoms with Crippen LogP contribution in [0.2, 0.25) is 0 Å². The first-order valence-corrected chi connectivity index (χ1v) is 6.59. The number of methoxy groups -OCH3 is 2. The summed E-state index contributed by atoms with van der Waals surface area (Å²) >= 11 is 1.47. The number of rotatable bonds is 4. The van der Waals surface area contributed by atoms with Crippen LogP contribution in [0.3, 0.4) is 0 Å². The summed E-state index contributed by atoms with van der Waals surface area (Å²) in [5.41, 5.74) is 2.33. The van der Waals surface area contributed by atoms with Gasteiger partial charge < -0.3 is 14.6 Å². The Morgan fingerprint density at radius 3 is 2.75 bits per heavy atom. The third-order valence-corrected chi connectivity index (χ3v) is 3.37. The van der Waals surface area contributed by atoms with E-state index in [2.05, 4.69) is 9.72 Å². The minimum atomic E-state index is -0.603. The smallest absolute Gasteiger partial charge is 0.342 e. The van der Waals surface area contributed by atoms with E-state index in [1.807, 2.05) is 0 Å². The third-order valence-electron chi connectivity index (χ3n) is 2.63. The summed E-state index contributed by atoms with van der Waals surface area (Å²) in [5.74, 6) is -0.326. The van der Waals surface area contributed by atoms with E-state index < -0.39 is 5.97 Å². The maximum Gasteiger partial charge on any atom is 0.342 e. The molecule has 20 heavy (non-hydrogen) atoms. The Labute approximate surface area is 120 Å². The lowest BCUT2D eigenvalue weighted by atomic mass is 10.0. The predicted molar refractivity (Wildman–Crippen MR) is 77.0 cm³/mol. The minimum absolute atomic E-state index is 0.106. The molecule has 6 heteroatoms. The van der Waals surface area contributed by atoms with Gasteiger partial charge in [0.25, 0.3) is 0 Å². The quantitative estimate of drug-likeness (QED) is 0.877. The van der Waals surface area contributed by atoms with E-state index in [0.29, 0.717) is 11.3 Å². The Balaban J connectivity index is 2.48. The van der Waals surface area contributed by atoms with Gasteiger partial charge >= 0.3 is 5.97 Å². The average molecular weight is 291 g/mol. The maximum absolute atomic E-state index is 11.7. The number of esters is 1. The summed E-state index contributed by atoms with van der Waals surface area (Å²) in [6, 6.07) is 3.03. The van der Waals surface area contributed by atoms with Gasteiger partial charge in [0.05, 0.1) is 19.7 Å². The molecule has 5 nitrogen and oxygen atoms in total. The number of carbonyl (C=O) groups is 1. The van der Waals surface area contributed by atoms with Gasteiger partial charge in [0.15, 0.2) is 0 Å². The lowest BCUT2D eigenvalue weighted by Crippen LogP contribution is -2.04. The van der Waals surface area contributed by atoms with Gasteiger partial charge in [-0.2, -0.15) is 0 Å². The van der Waals surface area contributed by atoms with Crippen LogP contribution in [0.1, 0.15) is 20.8 Å². The second-order valence-electron chi connectivity index (χ2n) is 3.84. The van der Waals surface area contributed by atoms with Gasteiger partial charge in [-0.3, -0.25) is 4.98 Å². The van der Waals surface area contributed by atoms with Crippen molar-refractivity contribution in [1.82, 2.24) is 4.98 Å². The normalized spacial score (nSPS) is 10.7. The van der Waals surface area contributed by atoms with E-state index in [1.54, 1.807) is 29.9 Å². The van der Waals surface area contributed by atoms with Gasteiger partial charge in [0, 0.05) is 17.1 Å². The number of aromatic hydroxyl groups is 1. The molecular formula is C14H13NO4S. The number of nitrogens with zero attached hydrogens (tertiary/aromatic N) is 1. The van der Waals surface area contributed by atoms with Crippen molar-refractivity contribution in [1.29, 1.82) is 0 Å². The Kier molecular flexibility index (Phi) is 4.37. The molecular weight excluding hydrogens is 278 g/mol. The van der Waals surface area contributed by atoms with Gasteiger partial charge in [0.1, 0.15) is 17.1 Å². The van der Waals surface area contributed by atoms with E-state index in [9.17, 15) is 9.90 Å². The van der Waals surface area contributed by atoms with E-state index in [4.69, 9.17) is 4.74 Å². The third kappa shape index (κ3) is 2.97. The van der Waals surface area contributed by atoms with Crippen LogP contribution in [0.5, 0.6) is 11.5 Å². The lowest BCUT2D eigenvalue weighted by Gasteiger charge is -2.09. The highest BCUT2D eigenvalue weighted by molar-refractivity contribution is 7.10. The largest absolute Gasteiger partial charge is 0.507 e. The van der Waals surface area contributed by atoms with E-state index in [-0.39, 0.29) is 11.3 Å². The van der Waals surface area contributed by atoms with Crippen LogP contribution in [0.15, 0.2) is 23.8 Å². The molecule has 0 spiro atoms. The van der Waals surface area contributed by atoms with Crippen LogP contribution in [-0.2, 0) is 4.74 Å². The average Bonchev–Trinajstić information content (AvgIpc) is 2.97. The molecule has 0 atom stereocenters. The Morgan fingerprint density at radius 1 is 1.35 bits per heavy atom. The second-order valence-corrected chi connectivity index (χ2v) is 4.76. The van der Waals surface area contributed by atoms with Crippen LogP contribution in [0.25, 0.3) is 12.2 Å². The van der Waals surface area contributed by atoms with Crippen molar-refractivity contribution >= 4 is 29.5 Å². The fourth-order valence-electron chi connectivity index (χ4n) is 1.68. The van der Waals surface area contributed by atoms with Crippen molar-refractivity contribution in [2.24, 2.45) is 0 Å². The molecule has 104 valence electrons. The minimum Gasteiger partial charge on any atom is -0.507 e. The Hall–Kier alpha value is -2.34. The number of aromatic nitrogens is 1. The lowest BCUT2D eigenvalue weighted by molar-refractivity contribution is 0.0597. The first-order valence-electron chi connectivity index (χ1n) is 5.71. The van der Waals surface area contributed by atoms with Crippen LogP contribution < -0.4 is 4.74 Å². The van der Waals surface area contributed by atoms with Crippen molar-refractivity contribution < 1.29 is 19.4 Å². The fraction of sp³-hybridized carbons (Fsp3) is 0.143. The molecule has 2 aromatic rings. The molecule has 0 aliphatic rings. The first kappa shape index (κ1) is 14.1. The standard InChI is InChI=1S/C14H13NO4S/c1-18-10-5-9(3-4-11-7-15-8-20-11)13(12(16)6-10)14(17)19-2/h3-8,16H,1-2H3/b4-3+. The van der Waals surface area contributed by atoms with Crippen molar-refractivity contribution in [3.8, 4) is 11.5 Å². The molecule has 0 bridgehead atoms.